The lowest BCUT2D eigenvalue weighted by atomic mass is 10.1. The van der Waals surface area contributed by atoms with E-state index >= 15 is 0 Å². The smallest absolute Gasteiger partial charge is 0.0400 e. The Morgan fingerprint density at radius 1 is 1.06 bits per heavy atom. The van der Waals surface area contributed by atoms with E-state index in [9.17, 15) is 0 Å². The normalized spacial score (nSPS) is 10.1. The van der Waals surface area contributed by atoms with Gasteiger partial charge in [-0.3, -0.25) is 0 Å². The zero-order valence-corrected chi connectivity index (χ0v) is 9.53. The van der Waals surface area contributed by atoms with Gasteiger partial charge in [0.15, 0.2) is 0 Å². The van der Waals surface area contributed by atoms with Gasteiger partial charge in [-0.05, 0) is 29.7 Å². The van der Waals surface area contributed by atoms with Crippen LogP contribution in [0.25, 0.3) is 0 Å². The minimum absolute atomic E-state index is 0.867. The van der Waals surface area contributed by atoms with E-state index < -0.39 is 0 Å². The second-order valence-electron chi connectivity index (χ2n) is 3.76. The molecule has 0 fully saturated rings. The summed E-state index contributed by atoms with van der Waals surface area (Å²) in [5.74, 6) is 0. The molecule has 1 heteroatoms. The zero-order valence-electron chi connectivity index (χ0n) is 9.53. The van der Waals surface area contributed by atoms with Crippen molar-refractivity contribution < 1.29 is 0 Å². The second kappa shape index (κ2) is 5.36. The Kier molecular flexibility index (Phi) is 3.60. The van der Waals surface area contributed by atoms with Crippen LogP contribution >= 0.6 is 0 Å². The highest BCUT2D eigenvalue weighted by molar-refractivity contribution is 5.50. The maximum Gasteiger partial charge on any atom is 0.0400 e. The topological polar surface area (TPSA) is 12.0 Å². The van der Waals surface area contributed by atoms with E-state index in [-0.39, 0.29) is 0 Å². The van der Waals surface area contributed by atoms with E-state index in [1.54, 1.807) is 0 Å². The van der Waals surface area contributed by atoms with E-state index in [0.717, 1.165) is 13.0 Å². The predicted octanol–water partition coefficient (Wildman–Crippen LogP) is 3.66. The summed E-state index contributed by atoms with van der Waals surface area (Å²) in [7, 11) is 0. The minimum Gasteiger partial charge on any atom is -0.381 e. The molecule has 2 rings (SSSR count). The molecule has 1 N–H and O–H groups in total. The third-order valence-electron chi connectivity index (χ3n) is 2.62. The molecule has 0 atom stereocenters. The van der Waals surface area contributed by atoms with Gasteiger partial charge in [-0.1, -0.05) is 49.4 Å². The van der Waals surface area contributed by atoms with E-state index in [4.69, 9.17) is 0 Å². The molecule has 1 radical (unpaired) electrons. The van der Waals surface area contributed by atoms with Gasteiger partial charge < -0.3 is 5.32 Å². The van der Waals surface area contributed by atoms with Crippen LogP contribution in [-0.2, 0) is 13.0 Å². The third-order valence-corrected chi connectivity index (χ3v) is 2.62. The first-order valence-corrected chi connectivity index (χ1v) is 5.67. The van der Waals surface area contributed by atoms with E-state index in [1.807, 2.05) is 18.2 Å². The lowest BCUT2D eigenvalue weighted by Crippen LogP contribution is -2.01. The van der Waals surface area contributed by atoms with E-state index in [2.05, 4.69) is 48.6 Å². The van der Waals surface area contributed by atoms with Gasteiger partial charge in [-0.15, -0.1) is 0 Å². The van der Waals surface area contributed by atoms with Gasteiger partial charge in [0.1, 0.15) is 0 Å². The number of anilines is 1. The average Bonchev–Trinajstić information content (AvgIpc) is 2.38. The van der Waals surface area contributed by atoms with Crippen LogP contribution in [0.15, 0.2) is 48.5 Å². The van der Waals surface area contributed by atoms with Crippen molar-refractivity contribution in [1.29, 1.82) is 0 Å². The number of hydrogen-bond acceptors (Lipinski definition) is 1. The lowest BCUT2D eigenvalue weighted by Gasteiger charge is -2.10. The maximum atomic E-state index is 3.45. The quantitative estimate of drug-likeness (QED) is 0.812. The van der Waals surface area contributed by atoms with Crippen molar-refractivity contribution in [3.63, 3.8) is 0 Å². The Bertz CT molecular complexity index is 434. The van der Waals surface area contributed by atoms with Crippen LogP contribution < -0.4 is 5.32 Å². The Balaban J connectivity index is 2.05. The molecule has 0 saturated heterocycles. The van der Waals surface area contributed by atoms with Crippen molar-refractivity contribution in [1.82, 2.24) is 0 Å². The third kappa shape index (κ3) is 2.63. The summed E-state index contributed by atoms with van der Waals surface area (Å²) in [4.78, 5) is 0. The highest BCUT2D eigenvalue weighted by Gasteiger charge is 1.98. The summed E-state index contributed by atoms with van der Waals surface area (Å²) in [5.41, 5.74) is 3.74. The van der Waals surface area contributed by atoms with Gasteiger partial charge in [0.2, 0.25) is 0 Å². The van der Waals surface area contributed by atoms with Crippen LogP contribution in [0.1, 0.15) is 18.1 Å². The first-order chi connectivity index (χ1) is 7.90. The maximum absolute atomic E-state index is 3.45. The standard InChI is InChI=1S/C15H16N/c1-2-14-10-6-7-11-15(14)16-12-13-8-4-3-5-9-13/h3-9,11,16H,2,12H2,1H3. The molecular weight excluding hydrogens is 194 g/mol. The SMILES string of the molecule is CCc1[c]cccc1NCc1ccccc1. The molecule has 2 aromatic rings. The Morgan fingerprint density at radius 3 is 2.62 bits per heavy atom. The number of rotatable bonds is 4. The van der Waals surface area contributed by atoms with Crippen LogP contribution in [0, 0.1) is 6.07 Å². The lowest BCUT2D eigenvalue weighted by molar-refractivity contribution is 1.09. The largest absolute Gasteiger partial charge is 0.381 e. The summed E-state index contributed by atoms with van der Waals surface area (Å²) in [6, 6.07) is 19.8. The molecule has 0 heterocycles. The average molecular weight is 210 g/mol. The second-order valence-corrected chi connectivity index (χ2v) is 3.76. The van der Waals surface area contributed by atoms with E-state index in [1.165, 1.54) is 16.8 Å². The Labute approximate surface area is 97.1 Å². The fraction of sp³-hybridized carbons (Fsp3) is 0.200. The van der Waals surface area contributed by atoms with Crippen LogP contribution in [0.3, 0.4) is 0 Å². The van der Waals surface area contributed by atoms with Gasteiger partial charge in [0, 0.05) is 12.2 Å². The fourth-order valence-corrected chi connectivity index (χ4v) is 1.72. The van der Waals surface area contributed by atoms with Gasteiger partial charge >= 0.3 is 0 Å². The Hall–Kier alpha value is -1.76. The molecule has 1 nitrogen and oxygen atoms in total. The molecule has 0 amide bonds. The molecule has 0 aliphatic rings. The molecule has 0 unspecified atom stereocenters. The monoisotopic (exact) mass is 210 g/mol. The van der Waals surface area contributed by atoms with Crippen LogP contribution in [-0.4, -0.2) is 0 Å². The molecule has 2 aromatic carbocycles. The van der Waals surface area contributed by atoms with Crippen molar-refractivity contribution in [2.24, 2.45) is 0 Å². The first kappa shape index (κ1) is 10.7. The predicted molar refractivity (Wildman–Crippen MR) is 68.4 cm³/mol. The van der Waals surface area contributed by atoms with E-state index in [0.29, 0.717) is 0 Å². The zero-order chi connectivity index (χ0) is 11.2. The van der Waals surface area contributed by atoms with Gasteiger partial charge in [0.25, 0.3) is 0 Å². The summed E-state index contributed by atoms with van der Waals surface area (Å²) in [6.07, 6.45) is 1.01. The Morgan fingerprint density at radius 2 is 1.88 bits per heavy atom. The van der Waals surface area contributed by atoms with Crippen molar-refractivity contribution in [2.45, 2.75) is 19.9 Å². The fourth-order valence-electron chi connectivity index (χ4n) is 1.72. The van der Waals surface area contributed by atoms with Crippen molar-refractivity contribution in [3.8, 4) is 0 Å². The van der Waals surface area contributed by atoms with Crippen LogP contribution in [0.4, 0.5) is 5.69 Å². The molecule has 0 spiro atoms. The molecule has 16 heavy (non-hydrogen) atoms. The number of aryl methyl sites for hydroxylation is 1. The molecule has 0 saturated carbocycles. The van der Waals surface area contributed by atoms with Gasteiger partial charge in [-0.2, -0.15) is 0 Å². The summed E-state index contributed by atoms with van der Waals surface area (Å²) in [5, 5.41) is 3.45. The van der Waals surface area contributed by atoms with Crippen LogP contribution in [0.5, 0.6) is 0 Å². The van der Waals surface area contributed by atoms with Crippen molar-refractivity contribution in [2.75, 3.05) is 5.32 Å². The first-order valence-electron chi connectivity index (χ1n) is 5.67. The van der Waals surface area contributed by atoms with Crippen LogP contribution in [0.2, 0.25) is 0 Å². The van der Waals surface area contributed by atoms with Crippen molar-refractivity contribution >= 4 is 5.69 Å². The minimum atomic E-state index is 0.867. The number of benzene rings is 2. The molecule has 0 aliphatic carbocycles. The summed E-state index contributed by atoms with van der Waals surface area (Å²) < 4.78 is 0. The van der Waals surface area contributed by atoms with Crippen molar-refractivity contribution in [3.05, 3.63) is 65.7 Å². The summed E-state index contributed by atoms with van der Waals surface area (Å²) >= 11 is 0. The highest BCUT2D eigenvalue weighted by atomic mass is 14.9. The molecule has 0 bridgehead atoms. The van der Waals surface area contributed by atoms with Gasteiger partial charge in [-0.25, -0.2) is 0 Å². The molecule has 0 aromatic heterocycles. The summed E-state index contributed by atoms with van der Waals surface area (Å²) in [6.45, 7) is 3.02. The molecule has 0 aliphatic heterocycles. The van der Waals surface area contributed by atoms with Gasteiger partial charge in [0.05, 0.1) is 0 Å². The highest BCUT2D eigenvalue weighted by Crippen LogP contribution is 2.15. The number of nitrogens with one attached hydrogen (secondary N) is 1. The molecule has 81 valence electrons. The molecular formula is C15H16N. The number of hydrogen-bond donors (Lipinski definition) is 1.